The lowest BCUT2D eigenvalue weighted by atomic mass is 9.91. The SMILES string of the molecule is COc1ccc(C(CC(=O)O)C2CC2)cc1OC1COC1. The maximum atomic E-state index is 11.1. The first-order valence-corrected chi connectivity index (χ1v) is 7.31. The third-order valence-electron chi connectivity index (χ3n) is 4.10. The number of rotatable bonds is 7. The highest BCUT2D eigenvalue weighted by Crippen LogP contribution is 2.46. The number of carbonyl (C=O) groups is 1. The van der Waals surface area contributed by atoms with Crippen molar-refractivity contribution < 1.29 is 24.1 Å². The zero-order valence-electron chi connectivity index (χ0n) is 12.1. The molecule has 1 N–H and O–H groups in total. The number of hydrogen-bond acceptors (Lipinski definition) is 4. The third kappa shape index (κ3) is 3.29. The first-order valence-electron chi connectivity index (χ1n) is 7.31. The van der Waals surface area contributed by atoms with Crippen molar-refractivity contribution in [2.45, 2.75) is 31.3 Å². The van der Waals surface area contributed by atoms with E-state index in [1.54, 1.807) is 7.11 Å². The van der Waals surface area contributed by atoms with Crippen molar-refractivity contribution in [3.63, 3.8) is 0 Å². The Labute approximate surface area is 123 Å². The fraction of sp³-hybridized carbons (Fsp3) is 0.562. The van der Waals surface area contributed by atoms with Crippen LogP contribution in [0.2, 0.25) is 0 Å². The van der Waals surface area contributed by atoms with Gasteiger partial charge in [-0.3, -0.25) is 4.79 Å². The largest absolute Gasteiger partial charge is 0.493 e. The molecule has 0 aromatic heterocycles. The number of benzene rings is 1. The molecule has 1 saturated heterocycles. The molecule has 5 heteroatoms. The first kappa shape index (κ1) is 14.2. The molecule has 2 fully saturated rings. The van der Waals surface area contributed by atoms with Gasteiger partial charge in [0.1, 0.15) is 6.10 Å². The molecule has 21 heavy (non-hydrogen) atoms. The summed E-state index contributed by atoms with van der Waals surface area (Å²) in [5, 5.41) is 9.11. The zero-order valence-corrected chi connectivity index (χ0v) is 12.1. The Morgan fingerprint density at radius 2 is 2.14 bits per heavy atom. The van der Waals surface area contributed by atoms with Crippen LogP contribution >= 0.6 is 0 Å². The monoisotopic (exact) mass is 292 g/mol. The molecule has 114 valence electrons. The van der Waals surface area contributed by atoms with Gasteiger partial charge < -0.3 is 19.3 Å². The topological polar surface area (TPSA) is 65.0 Å². The van der Waals surface area contributed by atoms with Gasteiger partial charge >= 0.3 is 5.97 Å². The van der Waals surface area contributed by atoms with Crippen LogP contribution in [0, 0.1) is 5.92 Å². The van der Waals surface area contributed by atoms with E-state index < -0.39 is 5.97 Å². The number of carboxylic acids is 1. The molecule has 1 aliphatic heterocycles. The number of ether oxygens (including phenoxy) is 3. The standard InChI is InChI=1S/C16H20O5/c1-19-14-5-4-11(6-15(14)21-12-8-20-9-12)13(7-16(17)18)10-2-3-10/h4-6,10,12-13H,2-3,7-9H2,1H3,(H,17,18). The molecule has 1 aliphatic carbocycles. The molecule has 1 aromatic carbocycles. The molecule has 0 radical (unpaired) electrons. The molecule has 0 amide bonds. The summed E-state index contributed by atoms with van der Waals surface area (Å²) in [6.45, 7) is 1.18. The van der Waals surface area contributed by atoms with Crippen molar-refractivity contribution in [1.82, 2.24) is 0 Å². The predicted octanol–water partition coefficient (Wildman–Crippen LogP) is 2.44. The van der Waals surface area contributed by atoms with E-state index in [9.17, 15) is 4.79 Å². The van der Waals surface area contributed by atoms with Crippen LogP contribution in [-0.2, 0) is 9.53 Å². The van der Waals surface area contributed by atoms with E-state index in [0.717, 1.165) is 18.4 Å². The predicted molar refractivity (Wildman–Crippen MR) is 75.9 cm³/mol. The van der Waals surface area contributed by atoms with Gasteiger partial charge in [-0.25, -0.2) is 0 Å². The van der Waals surface area contributed by atoms with Crippen molar-refractivity contribution in [2.75, 3.05) is 20.3 Å². The summed E-state index contributed by atoms with van der Waals surface area (Å²) in [5.74, 6) is 1.15. The summed E-state index contributed by atoms with van der Waals surface area (Å²) in [4.78, 5) is 11.1. The van der Waals surface area contributed by atoms with Crippen molar-refractivity contribution in [3.05, 3.63) is 23.8 Å². The number of hydrogen-bond donors (Lipinski definition) is 1. The molecule has 3 rings (SSSR count). The molecule has 1 atom stereocenters. The lowest BCUT2D eigenvalue weighted by molar-refractivity contribution is -0.137. The van der Waals surface area contributed by atoms with E-state index in [1.807, 2.05) is 18.2 Å². The smallest absolute Gasteiger partial charge is 0.303 e. The number of methoxy groups -OCH3 is 1. The lowest BCUT2D eigenvalue weighted by Gasteiger charge is -2.28. The quantitative estimate of drug-likeness (QED) is 0.836. The van der Waals surface area contributed by atoms with Crippen LogP contribution < -0.4 is 9.47 Å². The molecule has 1 aromatic rings. The van der Waals surface area contributed by atoms with Crippen molar-refractivity contribution in [2.24, 2.45) is 5.92 Å². The Morgan fingerprint density at radius 3 is 2.67 bits per heavy atom. The van der Waals surface area contributed by atoms with E-state index in [1.165, 1.54) is 0 Å². The maximum absolute atomic E-state index is 11.1. The van der Waals surface area contributed by atoms with Gasteiger partial charge in [0, 0.05) is 0 Å². The van der Waals surface area contributed by atoms with Crippen LogP contribution in [-0.4, -0.2) is 37.5 Å². The van der Waals surface area contributed by atoms with E-state index in [2.05, 4.69) is 0 Å². The van der Waals surface area contributed by atoms with Crippen LogP contribution in [0.5, 0.6) is 11.5 Å². The van der Waals surface area contributed by atoms with E-state index >= 15 is 0 Å². The summed E-state index contributed by atoms with van der Waals surface area (Å²) in [6, 6.07) is 5.75. The second-order valence-electron chi connectivity index (χ2n) is 5.73. The van der Waals surface area contributed by atoms with Gasteiger partial charge in [-0.05, 0) is 42.4 Å². The molecule has 0 spiro atoms. The van der Waals surface area contributed by atoms with Crippen LogP contribution in [0.4, 0.5) is 0 Å². The minimum Gasteiger partial charge on any atom is -0.493 e. The van der Waals surface area contributed by atoms with E-state index in [0.29, 0.717) is 30.6 Å². The van der Waals surface area contributed by atoms with Gasteiger partial charge in [0.15, 0.2) is 11.5 Å². The Kier molecular flexibility index (Phi) is 4.01. The molecule has 1 saturated carbocycles. The molecule has 5 nitrogen and oxygen atoms in total. The normalized spacial score (nSPS) is 19.7. The summed E-state index contributed by atoms with van der Waals surface area (Å²) in [5.41, 5.74) is 1.02. The summed E-state index contributed by atoms with van der Waals surface area (Å²) in [7, 11) is 1.61. The fourth-order valence-corrected chi connectivity index (χ4v) is 2.72. The summed E-state index contributed by atoms with van der Waals surface area (Å²) >= 11 is 0. The third-order valence-corrected chi connectivity index (χ3v) is 4.10. The van der Waals surface area contributed by atoms with E-state index in [4.69, 9.17) is 19.3 Å². The number of aliphatic carboxylic acids is 1. The van der Waals surface area contributed by atoms with Crippen LogP contribution in [0.1, 0.15) is 30.7 Å². The van der Waals surface area contributed by atoms with Crippen LogP contribution in [0.3, 0.4) is 0 Å². The molecule has 1 heterocycles. The van der Waals surface area contributed by atoms with Crippen LogP contribution in [0.15, 0.2) is 18.2 Å². The highest BCUT2D eigenvalue weighted by Gasteiger charge is 2.34. The first-order chi connectivity index (χ1) is 10.2. The van der Waals surface area contributed by atoms with Gasteiger partial charge in [-0.15, -0.1) is 0 Å². The Morgan fingerprint density at radius 1 is 1.38 bits per heavy atom. The highest BCUT2D eigenvalue weighted by molar-refractivity contribution is 5.68. The van der Waals surface area contributed by atoms with Gasteiger partial charge in [0.05, 0.1) is 26.7 Å². The van der Waals surface area contributed by atoms with Gasteiger partial charge in [-0.1, -0.05) is 6.07 Å². The van der Waals surface area contributed by atoms with Gasteiger partial charge in [0.25, 0.3) is 0 Å². The highest BCUT2D eigenvalue weighted by atomic mass is 16.6. The van der Waals surface area contributed by atoms with Crippen molar-refractivity contribution in [1.29, 1.82) is 0 Å². The van der Waals surface area contributed by atoms with Crippen LogP contribution in [0.25, 0.3) is 0 Å². The lowest BCUT2D eigenvalue weighted by Crippen LogP contribution is -2.38. The summed E-state index contributed by atoms with van der Waals surface area (Å²) < 4.78 is 16.3. The minimum absolute atomic E-state index is 0.0630. The maximum Gasteiger partial charge on any atom is 0.303 e. The van der Waals surface area contributed by atoms with Crippen molar-refractivity contribution >= 4 is 5.97 Å². The van der Waals surface area contributed by atoms with Crippen molar-refractivity contribution in [3.8, 4) is 11.5 Å². The molecular formula is C16H20O5. The molecule has 1 unspecified atom stereocenters. The molecule has 0 bridgehead atoms. The number of carboxylic acid groups (broad SMARTS) is 1. The zero-order chi connectivity index (χ0) is 14.8. The fourth-order valence-electron chi connectivity index (χ4n) is 2.72. The second-order valence-corrected chi connectivity index (χ2v) is 5.73. The molecular weight excluding hydrogens is 272 g/mol. The summed E-state index contributed by atoms with van der Waals surface area (Å²) in [6.07, 6.45) is 2.45. The second kappa shape index (κ2) is 5.93. The van der Waals surface area contributed by atoms with E-state index in [-0.39, 0.29) is 18.4 Å². The van der Waals surface area contributed by atoms with Gasteiger partial charge in [0.2, 0.25) is 0 Å². The Balaban J connectivity index is 1.83. The Bertz CT molecular complexity index is 519. The Hall–Kier alpha value is -1.75. The van der Waals surface area contributed by atoms with Gasteiger partial charge in [-0.2, -0.15) is 0 Å². The average Bonchev–Trinajstić information content (AvgIpc) is 3.24. The average molecular weight is 292 g/mol. The molecule has 2 aliphatic rings. The minimum atomic E-state index is -0.752.